The number of unbranched alkanes of at least 4 members (excludes halogenated alkanes) is 1. The first kappa shape index (κ1) is 25.8. The molecule has 32 heavy (non-hydrogen) atoms. The smallest absolute Gasteiger partial charge is 0.416 e. The highest BCUT2D eigenvalue weighted by Gasteiger charge is 2.39. The van der Waals surface area contributed by atoms with E-state index in [0.29, 0.717) is 18.7 Å². The van der Waals surface area contributed by atoms with Crippen molar-refractivity contribution in [2.75, 3.05) is 19.7 Å². The fourth-order valence-corrected chi connectivity index (χ4v) is 3.32. The molecular formula is C21H26F6N2O3. The van der Waals surface area contributed by atoms with Crippen LogP contribution in [0.1, 0.15) is 56.2 Å². The fourth-order valence-electron chi connectivity index (χ4n) is 3.32. The van der Waals surface area contributed by atoms with Crippen molar-refractivity contribution < 1.29 is 40.7 Å². The number of nitrogens with one attached hydrogen (secondary N) is 1. The predicted octanol–water partition coefficient (Wildman–Crippen LogP) is 5.38. The van der Waals surface area contributed by atoms with Gasteiger partial charge >= 0.3 is 18.4 Å². The summed E-state index contributed by atoms with van der Waals surface area (Å²) in [6.07, 6.45) is -8.18. The maximum absolute atomic E-state index is 13.0. The second-order valence-electron chi connectivity index (χ2n) is 8.11. The van der Waals surface area contributed by atoms with Gasteiger partial charge in [0, 0.05) is 25.0 Å². The molecule has 1 aromatic carbocycles. The van der Waals surface area contributed by atoms with Gasteiger partial charge in [-0.15, -0.1) is 0 Å². The third-order valence-corrected chi connectivity index (χ3v) is 5.50. The molecule has 1 heterocycles. The molecule has 0 bridgehead atoms. The van der Waals surface area contributed by atoms with E-state index in [1.807, 2.05) is 6.92 Å². The molecule has 0 unspecified atom stereocenters. The Morgan fingerprint density at radius 2 is 1.56 bits per heavy atom. The van der Waals surface area contributed by atoms with Crippen LogP contribution in [-0.2, 0) is 28.4 Å². The number of carbonyl (C=O) groups excluding carboxylic acids is 2. The Bertz CT molecular complexity index is 782. The topological polar surface area (TPSA) is 58.6 Å². The Balaban J connectivity index is 2.01. The minimum atomic E-state index is -4.95. The van der Waals surface area contributed by atoms with E-state index in [0.717, 1.165) is 12.8 Å². The van der Waals surface area contributed by atoms with E-state index in [-0.39, 0.29) is 37.6 Å². The SMILES string of the molecule is CCCCOC(=O)N1CCC(C)(C(=O)NCc2cc(C(F)(F)F)cc(C(F)(F)F)c2)CC1. The summed E-state index contributed by atoms with van der Waals surface area (Å²) in [5, 5.41) is 2.44. The summed E-state index contributed by atoms with van der Waals surface area (Å²) in [6, 6.07) is 1.22. The number of nitrogens with zero attached hydrogens (tertiary/aromatic N) is 1. The Hall–Kier alpha value is -2.46. The summed E-state index contributed by atoms with van der Waals surface area (Å²) in [4.78, 5) is 26.1. The van der Waals surface area contributed by atoms with Gasteiger partial charge in [-0.05, 0) is 43.0 Å². The number of hydrogen-bond acceptors (Lipinski definition) is 3. The molecule has 2 amide bonds. The van der Waals surface area contributed by atoms with E-state index < -0.39 is 47.4 Å². The Morgan fingerprint density at radius 1 is 1.03 bits per heavy atom. The number of alkyl halides is 6. The minimum absolute atomic E-state index is 0.0436. The number of piperidine rings is 1. The van der Waals surface area contributed by atoms with Gasteiger partial charge < -0.3 is 15.0 Å². The monoisotopic (exact) mass is 468 g/mol. The van der Waals surface area contributed by atoms with Crippen LogP contribution in [0.5, 0.6) is 0 Å². The van der Waals surface area contributed by atoms with Crippen LogP contribution < -0.4 is 5.32 Å². The lowest BCUT2D eigenvalue weighted by molar-refractivity contribution is -0.143. The molecule has 1 saturated heterocycles. The molecule has 0 aromatic heterocycles. The Labute approximate surface area is 182 Å². The third kappa shape index (κ3) is 6.77. The number of ether oxygens (including phenoxy) is 1. The van der Waals surface area contributed by atoms with Crippen LogP contribution in [0.15, 0.2) is 18.2 Å². The molecule has 0 atom stereocenters. The lowest BCUT2D eigenvalue weighted by Crippen LogP contribution is -2.48. The molecule has 5 nitrogen and oxygen atoms in total. The molecule has 0 aliphatic carbocycles. The van der Waals surface area contributed by atoms with Crippen LogP contribution in [0.3, 0.4) is 0 Å². The molecule has 0 radical (unpaired) electrons. The summed E-state index contributed by atoms with van der Waals surface area (Å²) in [5.74, 6) is -0.498. The van der Waals surface area contributed by atoms with Crippen molar-refractivity contribution in [3.63, 3.8) is 0 Å². The quantitative estimate of drug-likeness (QED) is 0.451. The molecule has 2 rings (SSSR count). The van der Waals surface area contributed by atoms with Crippen LogP contribution in [-0.4, -0.2) is 36.6 Å². The number of carbonyl (C=O) groups is 2. The Morgan fingerprint density at radius 3 is 2.03 bits per heavy atom. The summed E-state index contributed by atoms with van der Waals surface area (Å²) in [7, 11) is 0. The molecular weight excluding hydrogens is 442 g/mol. The largest absolute Gasteiger partial charge is 0.449 e. The number of benzene rings is 1. The maximum atomic E-state index is 13.0. The molecule has 0 spiro atoms. The fraction of sp³-hybridized carbons (Fsp3) is 0.619. The van der Waals surface area contributed by atoms with Crippen LogP contribution in [0, 0.1) is 5.41 Å². The van der Waals surface area contributed by atoms with Crippen LogP contribution in [0.4, 0.5) is 31.1 Å². The number of amides is 2. The van der Waals surface area contributed by atoms with Crippen molar-refractivity contribution in [1.82, 2.24) is 10.2 Å². The number of likely N-dealkylation sites (tertiary alicyclic amines) is 1. The molecule has 0 saturated carbocycles. The van der Waals surface area contributed by atoms with Gasteiger partial charge in [0.15, 0.2) is 0 Å². The van der Waals surface area contributed by atoms with Gasteiger partial charge in [0.05, 0.1) is 17.7 Å². The van der Waals surface area contributed by atoms with E-state index in [1.54, 1.807) is 6.92 Å². The van der Waals surface area contributed by atoms with Crippen molar-refractivity contribution in [3.05, 3.63) is 34.9 Å². The van der Waals surface area contributed by atoms with E-state index in [9.17, 15) is 35.9 Å². The highest BCUT2D eigenvalue weighted by atomic mass is 19.4. The van der Waals surface area contributed by atoms with Gasteiger partial charge in [0.25, 0.3) is 0 Å². The molecule has 1 aliphatic heterocycles. The lowest BCUT2D eigenvalue weighted by Gasteiger charge is -2.37. The number of rotatable bonds is 6. The summed E-state index contributed by atoms with van der Waals surface area (Å²) in [5.41, 5.74) is -4.08. The van der Waals surface area contributed by atoms with E-state index in [2.05, 4.69) is 5.32 Å². The molecule has 1 fully saturated rings. The minimum Gasteiger partial charge on any atom is -0.449 e. The first-order valence-corrected chi connectivity index (χ1v) is 10.2. The van der Waals surface area contributed by atoms with Crippen molar-refractivity contribution >= 4 is 12.0 Å². The van der Waals surface area contributed by atoms with Crippen LogP contribution in [0.25, 0.3) is 0 Å². The molecule has 11 heteroatoms. The first-order chi connectivity index (χ1) is 14.8. The first-order valence-electron chi connectivity index (χ1n) is 10.2. The average Bonchev–Trinajstić information content (AvgIpc) is 2.71. The average molecular weight is 468 g/mol. The zero-order valence-electron chi connectivity index (χ0n) is 17.8. The van der Waals surface area contributed by atoms with Crippen molar-refractivity contribution in [2.24, 2.45) is 5.41 Å². The van der Waals surface area contributed by atoms with Gasteiger partial charge in [0.2, 0.25) is 5.91 Å². The summed E-state index contributed by atoms with van der Waals surface area (Å²) < 4.78 is 83.1. The van der Waals surface area contributed by atoms with Gasteiger partial charge in [0.1, 0.15) is 0 Å². The third-order valence-electron chi connectivity index (χ3n) is 5.50. The standard InChI is InChI=1S/C21H26F6N2O3/c1-3-4-9-32-18(31)29-7-5-19(2,6-8-29)17(30)28-13-14-10-15(20(22,23)24)12-16(11-14)21(25,26)27/h10-12H,3-9,13H2,1-2H3,(H,28,30). The zero-order valence-corrected chi connectivity index (χ0v) is 17.8. The number of halogens is 6. The van der Waals surface area contributed by atoms with Crippen molar-refractivity contribution in [3.8, 4) is 0 Å². The molecule has 1 aromatic rings. The van der Waals surface area contributed by atoms with Crippen molar-refractivity contribution in [1.29, 1.82) is 0 Å². The Kier molecular flexibility index (Phi) is 8.06. The summed E-state index contributed by atoms with van der Waals surface area (Å²) in [6.45, 7) is 3.95. The predicted molar refractivity (Wildman–Crippen MR) is 103 cm³/mol. The van der Waals surface area contributed by atoms with Crippen LogP contribution in [0.2, 0.25) is 0 Å². The maximum Gasteiger partial charge on any atom is 0.416 e. The number of hydrogen-bond donors (Lipinski definition) is 1. The molecule has 180 valence electrons. The van der Waals surface area contributed by atoms with Crippen molar-refractivity contribution in [2.45, 2.75) is 58.4 Å². The molecule has 1 N–H and O–H groups in total. The van der Waals surface area contributed by atoms with Gasteiger partial charge in [-0.3, -0.25) is 4.79 Å². The van der Waals surface area contributed by atoms with E-state index in [4.69, 9.17) is 4.74 Å². The zero-order chi connectivity index (χ0) is 24.2. The second kappa shape index (κ2) is 9.99. The second-order valence-corrected chi connectivity index (χ2v) is 8.11. The van der Waals surface area contributed by atoms with E-state index in [1.165, 1.54) is 4.90 Å². The lowest BCUT2D eigenvalue weighted by atomic mass is 9.79. The van der Waals surface area contributed by atoms with Crippen LogP contribution >= 0.6 is 0 Å². The normalized spacial score (nSPS) is 16.6. The molecule has 1 aliphatic rings. The van der Waals surface area contributed by atoms with Gasteiger partial charge in [-0.25, -0.2) is 4.79 Å². The van der Waals surface area contributed by atoms with Gasteiger partial charge in [-0.2, -0.15) is 26.3 Å². The van der Waals surface area contributed by atoms with E-state index >= 15 is 0 Å². The van der Waals surface area contributed by atoms with Gasteiger partial charge in [-0.1, -0.05) is 20.3 Å². The highest BCUT2D eigenvalue weighted by molar-refractivity contribution is 5.82. The highest BCUT2D eigenvalue weighted by Crippen LogP contribution is 2.36. The summed E-state index contributed by atoms with van der Waals surface area (Å²) >= 11 is 0.